The van der Waals surface area contributed by atoms with Crippen LogP contribution >= 0.6 is 0 Å². The summed E-state index contributed by atoms with van der Waals surface area (Å²) in [4.78, 5) is 0. The minimum absolute atomic E-state index is 0. The summed E-state index contributed by atoms with van der Waals surface area (Å²) in [5.41, 5.74) is 2.93. The summed E-state index contributed by atoms with van der Waals surface area (Å²) in [6.45, 7) is 2.54. The number of hydrogen-bond acceptors (Lipinski definition) is 0. The van der Waals surface area contributed by atoms with Gasteiger partial charge in [-0.15, -0.1) is 0 Å². The van der Waals surface area contributed by atoms with Gasteiger partial charge in [-0.05, 0) is 0 Å². The van der Waals surface area contributed by atoms with E-state index in [4.69, 9.17) is 0 Å². The van der Waals surface area contributed by atoms with Crippen molar-refractivity contribution >= 4 is 0 Å². The Balaban J connectivity index is 0.00000114. The second-order valence-corrected chi connectivity index (χ2v) is 10.4. The first-order valence-corrected chi connectivity index (χ1v) is 11.7. The number of rotatable bonds is 3. The first-order valence-electron chi connectivity index (χ1n) is 10.9. The molecule has 5 unspecified atom stereocenters. The zero-order valence-corrected chi connectivity index (χ0v) is 21.7. The molecule has 3 aliphatic carbocycles. The molecule has 2 aromatic rings. The molecule has 0 heterocycles. The Morgan fingerprint density at radius 3 is 1.87 bits per heavy atom. The van der Waals surface area contributed by atoms with Gasteiger partial charge in [-0.2, -0.15) is 0 Å². The van der Waals surface area contributed by atoms with E-state index in [2.05, 4.69) is 112 Å². The van der Waals surface area contributed by atoms with Crippen LogP contribution in [0.4, 0.5) is 0 Å². The quantitative estimate of drug-likeness (QED) is 0.418. The Morgan fingerprint density at radius 2 is 1.29 bits per heavy atom. The molecule has 0 saturated heterocycles. The Bertz CT molecular complexity index is 856. The summed E-state index contributed by atoms with van der Waals surface area (Å²) in [7, 11) is 0. The van der Waals surface area contributed by atoms with E-state index < -0.39 is 0 Å². The van der Waals surface area contributed by atoms with Crippen LogP contribution in [0.1, 0.15) is 43.7 Å². The van der Waals surface area contributed by atoms with Crippen LogP contribution in [0.5, 0.6) is 0 Å². The summed E-state index contributed by atoms with van der Waals surface area (Å²) in [5.74, 6) is 2.91. The molecule has 2 fully saturated rings. The van der Waals surface area contributed by atoms with E-state index in [1.807, 2.05) is 0 Å². The van der Waals surface area contributed by atoms with Crippen molar-refractivity contribution in [3.63, 3.8) is 0 Å². The van der Waals surface area contributed by atoms with Gasteiger partial charge in [-0.1, -0.05) is 0 Å². The van der Waals surface area contributed by atoms with Crippen molar-refractivity contribution in [1.82, 2.24) is 0 Å². The van der Waals surface area contributed by atoms with Crippen LogP contribution in [0.15, 0.2) is 85.0 Å². The van der Waals surface area contributed by atoms with Crippen LogP contribution in [-0.4, -0.2) is 0 Å². The normalized spacial score (nSPS) is 30.8. The van der Waals surface area contributed by atoms with Gasteiger partial charge in [0, 0.05) is 0 Å². The fourth-order valence-electron chi connectivity index (χ4n) is 6.81. The molecule has 0 bridgehead atoms. The maximum Gasteiger partial charge on any atom is -1.00 e. The molecule has 0 aliphatic heterocycles. The molecule has 0 nitrogen and oxygen atoms in total. The molecule has 31 heavy (non-hydrogen) atoms. The topological polar surface area (TPSA) is 0 Å². The minimum atomic E-state index is -0.00921. The number of benzene rings is 2. The molecule has 3 aliphatic rings. The van der Waals surface area contributed by atoms with Crippen molar-refractivity contribution in [3.05, 3.63) is 96.1 Å². The molecule has 4 heteroatoms. The largest absolute Gasteiger partial charge is 1.00 e. The SMILES string of the molecule is CC(c1ccccc1)(c1ccccc1)[C]1([Ti+3])C2C=CC=CC2C2CCCCC21.[Cl-].[Cl-].[Cl-]. The van der Waals surface area contributed by atoms with E-state index in [-0.39, 0.29) is 46.4 Å². The number of hydrogen-bond donors (Lipinski definition) is 0. The Hall–Kier alpha value is -0.496. The number of allylic oxidation sites excluding steroid dienone is 4. The average Bonchev–Trinajstić information content (AvgIpc) is 3.05. The third-order valence-electron chi connectivity index (χ3n) is 8.13. The fraction of sp³-hybridized carbons (Fsp3) is 0.407. The molecule has 5 rings (SSSR count). The summed E-state index contributed by atoms with van der Waals surface area (Å²) < 4.78 is 0.201. The van der Waals surface area contributed by atoms with E-state index in [1.165, 1.54) is 36.8 Å². The third kappa shape index (κ3) is 4.02. The predicted molar refractivity (Wildman–Crippen MR) is 113 cm³/mol. The standard InChI is InChI=1S/C27H29.3ClH.Ti/c1-27(20-12-4-2-5-13-20,21-14-6-3-7-15-21)26-24-18-10-8-16-22(24)23-17-9-11-19-25(23)26;;;;/h2-8,10,12-16,18,22-25H,9,11,17,19H2,1H3;3*1H;/q;;;;+3/p-3. The van der Waals surface area contributed by atoms with E-state index in [0.29, 0.717) is 11.8 Å². The first kappa shape index (κ1) is 26.8. The van der Waals surface area contributed by atoms with Gasteiger partial charge in [0.15, 0.2) is 0 Å². The van der Waals surface area contributed by atoms with E-state index in [1.54, 1.807) is 0 Å². The predicted octanol–water partition coefficient (Wildman–Crippen LogP) is -2.11. The van der Waals surface area contributed by atoms with Gasteiger partial charge < -0.3 is 37.2 Å². The second-order valence-electron chi connectivity index (χ2n) is 9.15. The second kappa shape index (κ2) is 10.6. The Kier molecular flexibility index (Phi) is 9.17. The molecular formula is C27H29Cl3Ti. The summed E-state index contributed by atoms with van der Waals surface area (Å²) in [5, 5.41) is 0. The van der Waals surface area contributed by atoms with Crippen LogP contribution in [0.2, 0.25) is 3.72 Å². The zero-order chi connectivity index (χ0) is 19.2. The Morgan fingerprint density at radius 1 is 0.774 bits per heavy atom. The van der Waals surface area contributed by atoms with Crippen LogP contribution in [0.25, 0.3) is 0 Å². The molecule has 162 valence electrons. The van der Waals surface area contributed by atoms with Crippen molar-refractivity contribution < 1.29 is 57.7 Å². The van der Waals surface area contributed by atoms with Crippen LogP contribution in [0, 0.1) is 23.7 Å². The molecule has 0 amide bonds. The van der Waals surface area contributed by atoms with Gasteiger partial charge in [0.05, 0.1) is 0 Å². The first-order chi connectivity index (χ1) is 13.7. The molecule has 5 atom stereocenters. The molecule has 0 radical (unpaired) electrons. The third-order valence-corrected chi connectivity index (χ3v) is 10.0. The summed E-state index contributed by atoms with van der Waals surface area (Å²) >= 11 is 2.63. The van der Waals surface area contributed by atoms with Crippen molar-refractivity contribution in [1.29, 1.82) is 0 Å². The van der Waals surface area contributed by atoms with Gasteiger partial charge in [0.2, 0.25) is 0 Å². The van der Waals surface area contributed by atoms with Gasteiger partial charge in [0.25, 0.3) is 0 Å². The van der Waals surface area contributed by atoms with Crippen LogP contribution < -0.4 is 37.2 Å². The Labute approximate surface area is 218 Å². The molecule has 2 aromatic carbocycles. The fourth-order valence-corrected chi connectivity index (χ4v) is 8.27. The smallest absolute Gasteiger partial charge is 1.00 e. The number of fused-ring (bicyclic) bond motifs is 3. The van der Waals surface area contributed by atoms with Crippen molar-refractivity contribution in [2.24, 2.45) is 23.7 Å². The zero-order valence-electron chi connectivity index (χ0n) is 17.9. The molecule has 0 N–H and O–H groups in total. The molecule has 0 aromatic heterocycles. The summed E-state index contributed by atoms with van der Waals surface area (Å²) in [6.07, 6.45) is 15.3. The monoisotopic (exact) mass is 506 g/mol. The average molecular weight is 508 g/mol. The molecule has 0 spiro atoms. The van der Waals surface area contributed by atoms with Crippen molar-refractivity contribution in [2.75, 3.05) is 0 Å². The summed E-state index contributed by atoms with van der Waals surface area (Å²) in [6, 6.07) is 22.7. The number of halogens is 3. The van der Waals surface area contributed by atoms with Gasteiger partial charge in [-0.25, -0.2) is 0 Å². The van der Waals surface area contributed by atoms with E-state index in [9.17, 15) is 0 Å². The van der Waals surface area contributed by atoms with Crippen molar-refractivity contribution in [3.8, 4) is 0 Å². The molecule has 2 saturated carbocycles. The van der Waals surface area contributed by atoms with Crippen LogP contribution in [0.3, 0.4) is 0 Å². The van der Waals surface area contributed by atoms with Crippen molar-refractivity contribution in [2.45, 2.75) is 41.7 Å². The van der Waals surface area contributed by atoms with Gasteiger partial charge >= 0.3 is 182 Å². The maximum atomic E-state index is 2.63. The van der Waals surface area contributed by atoms with E-state index in [0.717, 1.165) is 11.8 Å². The van der Waals surface area contributed by atoms with Gasteiger partial charge in [-0.3, -0.25) is 0 Å². The maximum absolute atomic E-state index is 2.63. The van der Waals surface area contributed by atoms with E-state index >= 15 is 0 Å². The molecular weight excluding hydrogens is 479 g/mol. The van der Waals surface area contributed by atoms with Crippen LogP contribution in [-0.2, 0) is 25.9 Å². The minimum Gasteiger partial charge on any atom is -1.00 e. The van der Waals surface area contributed by atoms with Gasteiger partial charge in [0.1, 0.15) is 0 Å².